The molecule has 2 nitrogen and oxygen atoms in total. The minimum absolute atomic E-state index is 0.00530. The van der Waals surface area contributed by atoms with E-state index in [0.29, 0.717) is 0 Å². The Kier molecular flexibility index (Phi) is 2.81. The van der Waals surface area contributed by atoms with Crippen LogP contribution in [0.2, 0.25) is 0 Å². The second-order valence-electron chi connectivity index (χ2n) is 6.13. The van der Waals surface area contributed by atoms with Crippen LogP contribution in [0.5, 0.6) is 0 Å². The minimum Gasteiger partial charge on any atom is -0.397 e. The molecule has 1 aromatic rings. The first-order valence-corrected chi connectivity index (χ1v) is 5.40. The molecule has 1 rings (SSSR count). The molecule has 2 N–H and O–H groups in total. The van der Waals surface area contributed by atoms with Gasteiger partial charge in [-0.15, -0.1) is 0 Å². The summed E-state index contributed by atoms with van der Waals surface area (Å²) < 4.78 is 0. The van der Waals surface area contributed by atoms with Crippen LogP contribution in [0.1, 0.15) is 52.9 Å². The monoisotopic (exact) mass is 206 g/mol. The van der Waals surface area contributed by atoms with Gasteiger partial charge in [0.15, 0.2) is 0 Å². The first kappa shape index (κ1) is 12.0. The highest BCUT2D eigenvalue weighted by molar-refractivity contribution is 5.47. The van der Waals surface area contributed by atoms with Crippen molar-refractivity contribution in [3.05, 3.63) is 23.5 Å². The van der Waals surface area contributed by atoms with Crippen LogP contribution in [-0.4, -0.2) is 4.98 Å². The zero-order chi connectivity index (χ0) is 11.9. The standard InChI is InChI=1S/C13H22N2/c1-12(2,3)10-8-7-9(14)11(15-10)13(4,5)6/h7-8H,14H2,1-6H3. The van der Waals surface area contributed by atoms with Gasteiger partial charge in [0, 0.05) is 16.5 Å². The molecule has 0 amide bonds. The highest BCUT2D eigenvalue weighted by Crippen LogP contribution is 2.29. The molecule has 2 heteroatoms. The molecule has 0 aliphatic heterocycles. The lowest BCUT2D eigenvalue weighted by molar-refractivity contribution is 0.533. The van der Waals surface area contributed by atoms with Gasteiger partial charge in [0.05, 0.1) is 11.4 Å². The summed E-state index contributed by atoms with van der Waals surface area (Å²) in [6, 6.07) is 3.98. The second-order valence-corrected chi connectivity index (χ2v) is 6.13. The molecule has 15 heavy (non-hydrogen) atoms. The Morgan fingerprint density at radius 1 is 0.933 bits per heavy atom. The predicted octanol–water partition coefficient (Wildman–Crippen LogP) is 3.26. The topological polar surface area (TPSA) is 38.9 Å². The summed E-state index contributed by atoms with van der Waals surface area (Å²) in [5.41, 5.74) is 8.92. The average Bonchev–Trinajstić information content (AvgIpc) is 2.00. The van der Waals surface area contributed by atoms with Gasteiger partial charge in [0.1, 0.15) is 0 Å². The van der Waals surface area contributed by atoms with Crippen LogP contribution in [0.4, 0.5) is 5.69 Å². The average molecular weight is 206 g/mol. The molecule has 0 saturated heterocycles. The van der Waals surface area contributed by atoms with E-state index in [1.165, 1.54) is 0 Å². The molecule has 0 aliphatic rings. The van der Waals surface area contributed by atoms with Gasteiger partial charge in [-0.3, -0.25) is 4.98 Å². The zero-order valence-electron chi connectivity index (χ0n) is 10.7. The summed E-state index contributed by atoms with van der Waals surface area (Å²) in [6.07, 6.45) is 0. The summed E-state index contributed by atoms with van der Waals surface area (Å²) in [7, 11) is 0. The Morgan fingerprint density at radius 2 is 1.47 bits per heavy atom. The molecule has 0 saturated carbocycles. The van der Waals surface area contributed by atoms with Gasteiger partial charge in [0.25, 0.3) is 0 Å². The Labute approximate surface area is 92.9 Å². The van der Waals surface area contributed by atoms with E-state index in [9.17, 15) is 0 Å². The van der Waals surface area contributed by atoms with Crippen LogP contribution in [0, 0.1) is 0 Å². The minimum atomic E-state index is 0.00530. The molecule has 0 aliphatic carbocycles. The molecule has 0 fully saturated rings. The van der Waals surface area contributed by atoms with Crippen molar-refractivity contribution in [2.45, 2.75) is 52.4 Å². The van der Waals surface area contributed by atoms with E-state index in [1.54, 1.807) is 0 Å². The van der Waals surface area contributed by atoms with E-state index in [4.69, 9.17) is 5.73 Å². The summed E-state index contributed by atoms with van der Waals surface area (Å²) in [5, 5.41) is 0. The molecule has 84 valence electrons. The van der Waals surface area contributed by atoms with E-state index in [1.807, 2.05) is 12.1 Å². The number of nitrogens with zero attached hydrogens (tertiary/aromatic N) is 1. The number of nitrogens with two attached hydrogens (primary N) is 1. The van der Waals surface area contributed by atoms with Gasteiger partial charge in [-0.25, -0.2) is 0 Å². The number of nitrogen functional groups attached to an aromatic ring is 1. The molecule has 0 spiro atoms. The quantitative estimate of drug-likeness (QED) is 0.707. The van der Waals surface area contributed by atoms with E-state index >= 15 is 0 Å². The summed E-state index contributed by atoms with van der Waals surface area (Å²) in [6.45, 7) is 12.9. The molecule has 0 atom stereocenters. The number of anilines is 1. The molecule has 0 aromatic carbocycles. The fourth-order valence-corrected chi connectivity index (χ4v) is 1.49. The van der Waals surface area contributed by atoms with Crippen LogP contribution in [0.25, 0.3) is 0 Å². The maximum absolute atomic E-state index is 5.96. The second kappa shape index (κ2) is 3.51. The summed E-state index contributed by atoms with van der Waals surface area (Å²) in [5.74, 6) is 0. The van der Waals surface area contributed by atoms with Crippen molar-refractivity contribution in [2.24, 2.45) is 0 Å². The van der Waals surface area contributed by atoms with E-state index < -0.39 is 0 Å². The fourth-order valence-electron chi connectivity index (χ4n) is 1.49. The highest BCUT2D eigenvalue weighted by atomic mass is 14.8. The number of aromatic nitrogens is 1. The SMILES string of the molecule is CC(C)(C)c1ccc(N)c(C(C)(C)C)n1. The maximum Gasteiger partial charge on any atom is 0.0689 e. The van der Waals surface area contributed by atoms with Crippen LogP contribution in [0.15, 0.2) is 12.1 Å². The van der Waals surface area contributed by atoms with Gasteiger partial charge in [-0.1, -0.05) is 41.5 Å². The normalized spacial score (nSPS) is 12.9. The van der Waals surface area contributed by atoms with Crippen LogP contribution < -0.4 is 5.73 Å². The van der Waals surface area contributed by atoms with Gasteiger partial charge in [0.2, 0.25) is 0 Å². The lowest BCUT2D eigenvalue weighted by Crippen LogP contribution is -2.21. The Morgan fingerprint density at radius 3 is 1.87 bits per heavy atom. The third-order valence-corrected chi connectivity index (χ3v) is 2.41. The van der Waals surface area contributed by atoms with E-state index in [0.717, 1.165) is 17.1 Å². The van der Waals surface area contributed by atoms with Gasteiger partial charge in [-0.05, 0) is 12.1 Å². The summed E-state index contributed by atoms with van der Waals surface area (Å²) in [4.78, 5) is 4.69. The van der Waals surface area contributed by atoms with Crippen molar-refractivity contribution >= 4 is 5.69 Å². The maximum atomic E-state index is 5.96. The third-order valence-electron chi connectivity index (χ3n) is 2.41. The van der Waals surface area contributed by atoms with Crippen LogP contribution in [0.3, 0.4) is 0 Å². The van der Waals surface area contributed by atoms with Gasteiger partial charge >= 0.3 is 0 Å². The summed E-state index contributed by atoms with van der Waals surface area (Å²) >= 11 is 0. The van der Waals surface area contributed by atoms with Crippen molar-refractivity contribution in [2.75, 3.05) is 5.73 Å². The lowest BCUT2D eigenvalue weighted by Gasteiger charge is -2.24. The van der Waals surface area contributed by atoms with Crippen LogP contribution in [-0.2, 0) is 10.8 Å². The number of hydrogen-bond donors (Lipinski definition) is 1. The molecule has 1 heterocycles. The molecular formula is C13H22N2. The third kappa shape index (κ3) is 2.71. The fraction of sp³-hybridized carbons (Fsp3) is 0.615. The van der Waals surface area contributed by atoms with Crippen molar-refractivity contribution < 1.29 is 0 Å². The highest BCUT2D eigenvalue weighted by Gasteiger charge is 2.22. The molecule has 0 radical (unpaired) electrons. The lowest BCUT2D eigenvalue weighted by atomic mass is 9.87. The first-order valence-electron chi connectivity index (χ1n) is 5.40. The first-order chi connectivity index (χ1) is 6.62. The Balaban J connectivity index is 3.30. The van der Waals surface area contributed by atoms with E-state index in [-0.39, 0.29) is 10.8 Å². The number of pyridine rings is 1. The van der Waals surface area contributed by atoms with Gasteiger partial charge in [-0.2, -0.15) is 0 Å². The van der Waals surface area contributed by atoms with Crippen molar-refractivity contribution in [3.8, 4) is 0 Å². The zero-order valence-corrected chi connectivity index (χ0v) is 10.7. The van der Waals surface area contributed by atoms with Crippen LogP contribution >= 0.6 is 0 Å². The smallest absolute Gasteiger partial charge is 0.0689 e. The van der Waals surface area contributed by atoms with Crippen molar-refractivity contribution in [1.82, 2.24) is 4.98 Å². The largest absolute Gasteiger partial charge is 0.397 e. The molecular weight excluding hydrogens is 184 g/mol. The number of hydrogen-bond acceptors (Lipinski definition) is 2. The van der Waals surface area contributed by atoms with Gasteiger partial charge < -0.3 is 5.73 Å². The van der Waals surface area contributed by atoms with E-state index in [2.05, 4.69) is 46.5 Å². The Bertz CT molecular complexity index is 354. The molecule has 0 unspecified atom stereocenters. The molecule has 1 aromatic heterocycles. The molecule has 0 bridgehead atoms. The van der Waals surface area contributed by atoms with Crippen molar-refractivity contribution in [3.63, 3.8) is 0 Å². The Hall–Kier alpha value is -1.05. The predicted molar refractivity (Wildman–Crippen MR) is 66.0 cm³/mol. The van der Waals surface area contributed by atoms with Crippen molar-refractivity contribution in [1.29, 1.82) is 0 Å². The number of rotatable bonds is 0.